The van der Waals surface area contributed by atoms with Gasteiger partial charge in [-0.1, -0.05) is 13.8 Å². The van der Waals surface area contributed by atoms with E-state index in [-0.39, 0.29) is 5.41 Å². The lowest BCUT2D eigenvalue weighted by Crippen LogP contribution is -2.58. The molecule has 1 fully saturated rings. The van der Waals surface area contributed by atoms with E-state index >= 15 is 0 Å². The van der Waals surface area contributed by atoms with Crippen LogP contribution in [0.4, 0.5) is 5.69 Å². The second-order valence-electron chi connectivity index (χ2n) is 5.17. The molecule has 1 aliphatic rings. The Labute approximate surface area is 102 Å². The SMILES string of the molecule is CCOC1CC(Nc2cscc2C)C1(C)C. The second kappa shape index (κ2) is 4.38. The average molecular weight is 239 g/mol. The number of rotatable bonds is 4. The molecular weight excluding hydrogens is 218 g/mol. The Hall–Kier alpha value is -0.540. The minimum absolute atomic E-state index is 0.240. The summed E-state index contributed by atoms with van der Waals surface area (Å²) < 4.78 is 5.74. The fourth-order valence-electron chi connectivity index (χ4n) is 2.31. The Bertz CT molecular complexity index is 359. The number of thiophene rings is 1. The van der Waals surface area contributed by atoms with Crippen LogP contribution in [0.3, 0.4) is 0 Å². The highest BCUT2D eigenvalue weighted by atomic mass is 32.1. The van der Waals surface area contributed by atoms with Gasteiger partial charge in [-0.3, -0.25) is 0 Å². The van der Waals surface area contributed by atoms with Crippen molar-refractivity contribution in [1.29, 1.82) is 0 Å². The van der Waals surface area contributed by atoms with Gasteiger partial charge < -0.3 is 10.1 Å². The van der Waals surface area contributed by atoms with E-state index in [1.807, 2.05) is 0 Å². The number of hydrogen-bond donors (Lipinski definition) is 1. The molecule has 90 valence electrons. The standard InChI is InChI=1S/C13H21NOS/c1-5-15-12-6-11(13(12,3)4)14-10-8-16-7-9(10)2/h7-8,11-12,14H,5-6H2,1-4H3. The maximum atomic E-state index is 5.74. The summed E-state index contributed by atoms with van der Waals surface area (Å²) in [7, 11) is 0. The molecule has 0 radical (unpaired) electrons. The molecule has 0 aliphatic heterocycles. The highest BCUT2D eigenvalue weighted by molar-refractivity contribution is 7.08. The molecule has 16 heavy (non-hydrogen) atoms. The van der Waals surface area contributed by atoms with Gasteiger partial charge in [0, 0.05) is 29.1 Å². The fourth-order valence-corrected chi connectivity index (χ4v) is 3.10. The lowest BCUT2D eigenvalue weighted by Gasteiger charge is -2.52. The van der Waals surface area contributed by atoms with Gasteiger partial charge in [0.1, 0.15) is 0 Å². The summed E-state index contributed by atoms with van der Waals surface area (Å²) in [6.07, 6.45) is 1.53. The number of aryl methyl sites for hydroxylation is 1. The lowest BCUT2D eigenvalue weighted by atomic mass is 9.64. The number of nitrogens with one attached hydrogen (secondary N) is 1. The van der Waals surface area contributed by atoms with Crippen molar-refractivity contribution in [2.75, 3.05) is 11.9 Å². The van der Waals surface area contributed by atoms with Crippen LogP contribution in [0.2, 0.25) is 0 Å². The summed E-state index contributed by atoms with van der Waals surface area (Å²) in [6, 6.07) is 0.539. The molecule has 0 aromatic carbocycles. The number of hydrogen-bond acceptors (Lipinski definition) is 3. The zero-order chi connectivity index (χ0) is 11.8. The Morgan fingerprint density at radius 3 is 2.75 bits per heavy atom. The minimum atomic E-state index is 0.240. The van der Waals surface area contributed by atoms with Gasteiger partial charge in [0.25, 0.3) is 0 Å². The first-order valence-corrected chi connectivity index (χ1v) is 6.91. The molecule has 1 aliphatic carbocycles. The van der Waals surface area contributed by atoms with Crippen molar-refractivity contribution in [3.63, 3.8) is 0 Å². The summed E-state index contributed by atoms with van der Waals surface area (Å²) >= 11 is 1.76. The smallest absolute Gasteiger partial charge is 0.0665 e. The van der Waals surface area contributed by atoms with Crippen LogP contribution in [0.1, 0.15) is 32.8 Å². The van der Waals surface area contributed by atoms with E-state index in [0.29, 0.717) is 12.1 Å². The van der Waals surface area contributed by atoms with Gasteiger partial charge in [-0.2, -0.15) is 0 Å². The number of anilines is 1. The Kier molecular flexibility index (Phi) is 3.27. The van der Waals surface area contributed by atoms with Gasteiger partial charge in [0.2, 0.25) is 0 Å². The van der Waals surface area contributed by atoms with Crippen molar-refractivity contribution in [2.45, 2.75) is 46.3 Å². The van der Waals surface area contributed by atoms with E-state index in [9.17, 15) is 0 Å². The van der Waals surface area contributed by atoms with Crippen molar-refractivity contribution in [1.82, 2.24) is 0 Å². The molecule has 0 spiro atoms. The Morgan fingerprint density at radius 2 is 2.25 bits per heavy atom. The second-order valence-corrected chi connectivity index (χ2v) is 5.91. The molecule has 2 unspecified atom stereocenters. The minimum Gasteiger partial charge on any atom is -0.381 e. The summed E-state index contributed by atoms with van der Waals surface area (Å²) in [5, 5.41) is 8.02. The van der Waals surface area contributed by atoms with Crippen molar-refractivity contribution >= 4 is 17.0 Å². The Morgan fingerprint density at radius 1 is 1.50 bits per heavy atom. The zero-order valence-electron chi connectivity index (χ0n) is 10.5. The first-order chi connectivity index (χ1) is 7.55. The predicted molar refractivity (Wildman–Crippen MR) is 70.3 cm³/mol. The maximum Gasteiger partial charge on any atom is 0.0665 e. The van der Waals surface area contributed by atoms with Crippen LogP contribution in [0, 0.1) is 12.3 Å². The highest BCUT2D eigenvalue weighted by Gasteiger charge is 2.48. The van der Waals surface area contributed by atoms with Gasteiger partial charge >= 0.3 is 0 Å². The molecule has 0 amide bonds. The van der Waals surface area contributed by atoms with E-state index < -0.39 is 0 Å². The molecule has 2 rings (SSSR count). The van der Waals surface area contributed by atoms with Gasteiger partial charge in [0.05, 0.1) is 6.10 Å². The normalized spacial score (nSPS) is 27.5. The monoisotopic (exact) mass is 239 g/mol. The van der Waals surface area contributed by atoms with Gasteiger partial charge in [0.15, 0.2) is 0 Å². The van der Waals surface area contributed by atoms with Crippen LogP contribution in [0.5, 0.6) is 0 Å². The van der Waals surface area contributed by atoms with Crippen LogP contribution in [-0.4, -0.2) is 18.8 Å². The van der Waals surface area contributed by atoms with E-state index in [4.69, 9.17) is 4.74 Å². The summed E-state index contributed by atoms with van der Waals surface area (Å²) in [6.45, 7) is 9.62. The molecule has 1 heterocycles. The van der Waals surface area contributed by atoms with Gasteiger partial charge in [-0.05, 0) is 31.2 Å². The van der Waals surface area contributed by atoms with Crippen molar-refractivity contribution in [2.24, 2.45) is 5.41 Å². The highest BCUT2D eigenvalue weighted by Crippen LogP contribution is 2.44. The zero-order valence-corrected chi connectivity index (χ0v) is 11.4. The third kappa shape index (κ3) is 1.98. The van der Waals surface area contributed by atoms with Crippen molar-refractivity contribution < 1.29 is 4.74 Å². The molecule has 3 heteroatoms. The third-order valence-electron chi connectivity index (χ3n) is 3.73. The summed E-state index contributed by atoms with van der Waals surface area (Å²) in [4.78, 5) is 0. The first-order valence-electron chi connectivity index (χ1n) is 5.96. The van der Waals surface area contributed by atoms with E-state index in [1.165, 1.54) is 11.3 Å². The maximum absolute atomic E-state index is 5.74. The molecule has 1 saturated carbocycles. The lowest BCUT2D eigenvalue weighted by molar-refractivity contribution is -0.0975. The van der Waals surface area contributed by atoms with Crippen LogP contribution in [-0.2, 0) is 4.74 Å². The van der Waals surface area contributed by atoms with Crippen LogP contribution < -0.4 is 5.32 Å². The molecule has 1 aromatic heterocycles. The fraction of sp³-hybridized carbons (Fsp3) is 0.692. The van der Waals surface area contributed by atoms with E-state index in [2.05, 4.69) is 43.8 Å². The summed E-state index contributed by atoms with van der Waals surface area (Å²) in [5.41, 5.74) is 2.88. The topological polar surface area (TPSA) is 21.3 Å². The summed E-state index contributed by atoms with van der Waals surface area (Å²) in [5.74, 6) is 0. The molecule has 1 N–H and O–H groups in total. The van der Waals surface area contributed by atoms with Crippen LogP contribution in [0.25, 0.3) is 0 Å². The van der Waals surface area contributed by atoms with Crippen molar-refractivity contribution in [3.05, 3.63) is 16.3 Å². The number of ether oxygens (including phenoxy) is 1. The van der Waals surface area contributed by atoms with E-state index in [0.717, 1.165) is 13.0 Å². The molecule has 0 bridgehead atoms. The predicted octanol–water partition coefficient (Wildman–Crippen LogP) is 3.67. The molecule has 1 aromatic rings. The molecular formula is C13H21NOS. The quantitative estimate of drug-likeness (QED) is 0.865. The van der Waals surface area contributed by atoms with Gasteiger partial charge in [-0.25, -0.2) is 0 Å². The van der Waals surface area contributed by atoms with E-state index in [1.54, 1.807) is 11.3 Å². The molecule has 0 saturated heterocycles. The molecule has 2 atom stereocenters. The van der Waals surface area contributed by atoms with Crippen molar-refractivity contribution in [3.8, 4) is 0 Å². The van der Waals surface area contributed by atoms with Gasteiger partial charge in [-0.15, -0.1) is 11.3 Å². The Balaban J connectivity index is 1.97. The first kappa shape index (κ1) is 11.9. The van der Waals surface area contributed by atoms with Crippen LogP contribution in [0.15, 0.2) is 10.8 Å². The van der Waals surface area contributed by atoms with Crippen LogP contribution >= 0.6 is 11.3 Å². The third-order valence-corrected chi connectivity index (χ3v) is 4.59. The molecule has 2 nitrogen and oxygen atoms in total. The average Bonchev–Trinajstić information content (AvgIpc) is 2.63. The largest absolute Gasteiger partial charge is 0.381 e.